The highest BCUT2D eigenvalue weighted by molar-refractivity contribution is 5.21. The van der Waals surface area contributed by atoms with Crippen LogP contribution in [0.15, 0.2) is 11.6 Å². The molecule has 1 aliphatic carbocycles. The van der Waals surface area contributed by atoms with E-state index in [9.17, 15) is 0 Å². The van der Waals surface area contributed by atoms with Gasteiger partial charge in [0.1, 0.15) is 0 Å². The average Bonchev–Trinajstić information content (AvgIpc) is 2.80. The van der Waals surface area contributed by atoms with Crippen LogP contribution < -0.4 is 0 Å². The summed E-state index contributed by atoms with van der Waals surface area (Å²) in [5.74, 6) is 0. The molecule has 0 heterocycles. The van der Waals surface area contributed by atoms with Crippen LogP contribution in [0.2, 0.25) is 0 Å². The third-order valence-corrected chi connectivity index (χ3v) is 1.92. The largest absolute Gasteiger partial charge is 0.377 e. The first kappa shape index (κ1) is 8.79. The van der Waals surface area contributed by atoms with Crippen LogP contribution in [0.4, 0.5) is 0 Å². The monoisotopic (exact) mass is 154 g/mol. The highest BCUT2D eigenvalue weighted by atomic mass is 16.5. The quantitative estimate of drug-likeness (QED) is 0.404. The van der Waals surface area contributed by atoms with Crippen molar-refractivity contribution in [3.63, 3.8) is 0 Å². The molecule has 0 saturated heterocycles. The topological polar surface area (TPSA) is 9.23 Å². The zero-order valence-corrected chi connectivity index (χ0v) is 7.44. The zero-order chi connectivity index (χ0) is 7.94. The van der Waals surface area contributed by atoms with Crippen LogP contribution in [-0.2, 0) is 4.74 Å². The maximum atomic E-state index is 5.44. The molecule has 0 unspecified atom stereocenters. The maximum Gasteiger partial charge on any atom is 0.0679 e. The Kier molecular flexibility index (Phi) is 4.29. The van der Waals surface area contributed by atoms with Crippen molar-refractivity contribution in [3.8, 4) is 0 Å². The summed E-state index contributed by atoms with van der Waals surface area (Å²) in [6.07, 6.45) is 8.66. The zero-order valence-electron chi connectivity index (χ0n) is 7.44. The molecule has 0 spiro atoms. The summed E-state index contributed by atoms with van der Waals surface area (Å²) in [6, 6.07) is 0. The predicted molar refractivity (Wildman–Crippen MR) is 47.7 cm³/mol. The highest BCUT2D eigenvalue weighted by Crippen LogP contribution is 2.17. The molecule has 0 amide bonds. The van der Waals surface area contributed by atoms with Gasteiger partial charge >= 0.3 is 0 Å². The summed E-state index contributed by atoms with van der Waals surface area (Å²) in [5, 5.41) is 0. The Balaban J connectivity index is 1.69. The maximum absolute atomic E-state index is 5.44. The number of allylic oxidation sites excluding steroid dienone is 1. The fraction of sp³-hybridized carbons (Fsp3) is 0.800. The van der Waals surface area contributed by atoms with Crippen LogP contribution >= 0.6 is 0 Å². The Morgan fingerprint density at radius 2 is 2.18 bits per heavy atom. The lowest BCUT2D eigenvalue weighted by atomic mass is 10.2. The van der Waals surface area contributed by atoms with Gasteiger partial charge in [0.05, 0.1) is 6.61 Å². The van der Waals surface area contributed by atoms with Crippen LogP contribution in [0.1, 0.15) is 39.0 Å². The summed E-state index contributed by atoms with van der Waals surface area (Å²) >= 11 is 0. The number of unbranched alkanes of at least 4 members (excludes halogenated alkanes) is 3. The molecule has 0 saturated carbocycles. The second kappa shape index (κ2) is 5.36. The van der Waals surface area contributed by atoms with Crippen molar-refractivity contribution >= 4 is 0 Å². The standard InChI is InChI=1S/C10H18O/c1-2-3-4-5-8-11-9-10-6-7-10/h6H,2-5,7-9H2,1H3. The molecule has 0 bridgehead atoms. The molecule has 0 aliphatic heterocycles. The van der Waals surface area contributed by atoms with Gasteiger partial charge in [-0.3, -0.25) is 0 Å². The third kappa shape index (κ3) is 5.02. The van der Waals surface area contributed by atoms with Crippen molar-refractivity contribution in [2.75, 3.05) is 13.2 Å². The minimum absolute atomic E-state index is 0.895. The number of ether oxygens (including phenoxy) is 1. The van der Waals surface area contributed by atoms with E-state index in [0.29, 0.717) is 0 Å². The Bertz CT molecular complexity index is 127. The third-order valence-electron chi connectivity index (χ3n) is 1.92. The first-order chi connectivity index (χ1) is 5.43. The van der Waals surface area contributed by atoms with Gasteiger partial charge in [-0.1, -0.05) is 32.3 Å². The fourth-order valence-electron chi connectivity index (χ4n) is 1.02. The average molecular weight is 154 g/mol. The van der Waals surface area contributed by atoms with Gasteiger partial charge in [-0.2, -0.15) is 0 Å². The second-order valence-corrected chi connectivity index (χ2v) is 3.18. The molecular weight excluding hydrogens is 136 g/mol. The Labute approximate surface area is 69.4 Å². The highest BCUT2D eigenvalue weighted by Gasteiger charge is 2.05. The van der Waals surface area contributed by atoms with E-state index < -0.39 is 0 Å². The molecule has 0 atom stereocenters. The van der Waals surface area contributed by atoms with E-state index in [1.807, 2.05) is 0 Å². The van der Waals surface area contributed by atoms with Gasteiger partial charge in [-0.05, 0) is 18.4 Å². The van der Waals surface area contributed by atoms with Crippen LogP contribution in [0.3, 0.4) is 0 Å². The van der Waals surface area contributed by atoms with E-state index in [4.69, 9.17) is 4.74 Å². The molecule has 64 valence electrons. The molecule has 1 nitrogen and oxygen atoms in total. The van der Waals surface area contributed by atoms with Gasteiger partial charge in [0.15, 0.2) is 0 Å². The van der Waals surface area contributed by atoms with Crippen LogP contribution in [-0.4, -0.2) is 13.2 Å². The van der Waals surface area contributed by atoms with Crippen LogP contribution in [0.25, 0.3) is 0 Å². The van der Waals surface area contributed by atoms with Crippen molar-refractivity contribution in [3.05, 3.63) is 11.6 Å². The molecule has 0 aromatic carbocycles. The normalized spacial score (nSPS) is 14.8. The van der Waals surface area contributed by atoms with E-state index >= 15 is 0 Å². The first-order valence-corrected chi connectivity index (χ1v) is 4.69. The van der Waals surface area contributed by atoms with Gasteiger partial charge in [0, 0.05) is 6.61 Å². The molecule has 0 aromatic heterocycles. The van der Waals surface area contributed by atoms with E-state index in [2.05, 4.69) is 13.0 Å². The fourth-order valence-corrected chi connectivity index (χ4v) is 1.02. The van der Waals surface area contributed by atoms with Crippen LogP contribution in [0, 0.1) is 0 Å². The summed E-state index contributed by atoms with van der Waals surface area (Å²) in [7, 11) is 0. The van der Waals surface area contributed by atoms with Crippen molar-refractivity contribution in [2.45, 2.75) is 39.0 Å². The molecule has 0 N–H and O–H groups in total. The first-order valence-electron chi connectivity index (χ1n) is 4.69. The molecule has 1 aliphatic rings. The van der Waals surface area contributed by atoms with E-state index in [1.54, 1.807) is 0 Å². The molecular formula is C10H18O. The van der Waals surface area contributed by atoms with E-state index in [1.165, 1.54) is 37.7 Å². The molecule has 0 fully saturated rings. The van der Waals surface area contributed by atoms with Crippen molar-refractivity contribution in [1.29, 1.82) is 0 Å². The Morgan fingerprint density at radius 1 is 1.36 bits per heavy atom. The molecule has 1 heteroatoms. The van der Waals surface area contributed by atoms with Gasteiger partial charge in [0.2, 0.25) is 0 Å². The number of hydrogen-bond acceptors (Lipinski definition) is 1. The smallest absolute Gasteiger partial charge is 0.0679 e. The van der Waals surface area contributed by atoms with Crippen molar-refractivity contribution in [2.24, 2.45) is 0 Å². The lowest BCUT2D eigenvalue weighted by Gasteiger charge is -2.00. The molecule has 0 radical (unpaired) electrons. The lowest BCUT2D eigenvalue weighted by molar-refractivity contribution is 0.153. The number of hydrogen-bond donors (Lipinski definition) is 0. The van der Waals surface area contributed by atoms with Gasteiger partial charge < -0.3 is 4.74 Å². The summed E-state index contributed by atoms with van der Waals surface area (Å²) in [4.78, 5) is 0. The lowest BCUT2D eigenvalue weighted by Crippen LogP contribution is -1.95. The molecule has 11 heavy (non-hydrogen) atoms. The van der Waals surface area contributed by atoms with Crippen molar-refractivity contribution < 1.29 is 4.74 Å². The van der Waals surface area contributed by atoms with E-state index in [-0.39, 0.29) is 0 Å². The van der Waals surface area contributed by atoms with Gasteiger partial charge in [-0.15, -0.1) is 0 Å². The Hall–Kier alpha value is -0.300. The van der Waals surface area contributed by atoms with Gasteiger partial charge in [0.25, 0.3) is 0 Å². The van der Waals surface area contributed by atoms with E-state index in [0.717, 1.165) is 13.2 Å². The van der Waals surface area contributed by atoms with Gasteiger partial charge in [-0.25, -0.2) is 0 Å². The van der Waals surface area contributed by atoms with Crippen molar-refractivity contribution in [1.82, 2.24) is 0 Å². The summed E-state index contributed by atoms with van der Waals surface area (Å²) < 4.78 is 5.44. The SMILES string of the molecule is CCCCCCOCC1=CC1. The summed E-state index contributed by atoms with van der Waals surface area (Å²) in [6.45, 7) is 4.08. The predicted octanol–water partition coefficient (Wildman–Crippen LogP) is 2.91. The minimum Gasteiger partial charge on any atom is -0.377 e. The Morgan fingerprint density at radius 3 is 2.82 bits per heavy atom. The summed E-state index contributed by atoms with van der Waals surface area (Å²) in [5.41, 5.74) is 1.49. The molecule has 0 aromatic rings. The number of rotatable bonds is 7. The molecule has 1 rings (SSSR count). The van der Waals surface area contributed by atoms with Crippen LogP contribution in [0.5, 0.6) is 0 Å². The minimum atomic E-state index is 0.895. The second-order valence-electron chi connectivity index (χ2n) is 3.18.